The van der Waals surface area contributed by atoms with Crippen LogP contribution in [0.15, 0.2) is 91.0 Å². The van der Waals surface area contributed by atoms with Crippen molar-refractivity contribution >= 4 is 32.8 Å². The summed E-state index contributed by atoms with van der Waals surface area (Å²) in [5, 5.41) is 14.2. The maximum Gasteiger partial charge on any atom is 0.231 e. The number of methoxy groups -OCH3 is 1. The van der Waals surface area contributed by atoms with E-state index >= 15 is 0 Å². The van der Waals surface area contributed by atoms with Crippen LogP contribution in [-0.4, -0.2) is 44.6 Å². The van der Waals surface area contributed by atoms with Crippen molar-refractivity contribution in [1.29, 1.82) is 0 Å². The van der Waals surface area contributed by atoms with E-state index < -0.39 is 0 Å². The van der Waals surface area contributed by atoms with Crippen LogP contribution in [0.1, 0.15) is 54.0 Å². The molecule has 8 nitrogen and oxygen atoms in total. The molecule has 52 heavy (non-hydrogen) atoms. The first-order valence-electron chi connectivity index (χ1n) is 18.7. The number of imidazole rings is 1. The van der Waals surface area contributed by atoms with Gasteiger partial charge in [0.1, 0.15) is 5.82 Å². The van der Waals surface area contributed by atoms with Crippen molar-refractivity contribution < 1.29 is 19.3 Å². The second-order valence-electron chi connectivity index (χ2n) is 14.5. The average molecular weight is 691 g/mol. The number of hydrogen-bond donors (Lipinski definition) is 1. The Balaban J connectivity index is 0.939. The zero-order valence-electron chi connectivity index (χ0n) is 29.5. The van der Waals surface area contributed by atoms with E-state index in [1.54, 1.807) is 7.11 Å². The van der Waals surface area contributed by atoms with Gasteiger partial charge in [-0.25, -0.2) is 4.98 Å². The van der Waals surface area contributed by atoms with E-state index in [4.69, 9.17) is 19.2 Å². The van der Waals surface area contributed by atoms with Gasteiger partial charge in [0, 0.05) is 65.2 Å². The molecule has 0 bridgehead atoms. The topological polar surface area (TPSA) is 73.9 Å². The van der Waals surface area contributed by atoms with E-state index in [2.05, 4.69) is 99.0 Å². The number of unbranched alkanes of at least 4 members (excludes halogenated alkanes) is 3. The Kier molecular flexibility index (Phi) is 7.60. The van der Waals surface area contributed by atoms with Crippen LogP contribution in [0, 0.1) is 0 Å². The number of benzene rings is 5. The fourth-order valence-corrected chi connectivity index (χ4v) is 9.11. The highest BCUT2D eigenvalue weighted by Gasteiger charge is 2.37. The summed E-state index contributed by atoms with van der Waals surface area (Å²) in [5.74, 6) is 3.34. The number of aryl methyl sites for hydroxylation is 2. The Labute approximate surface area is 302 Å². The van der Waals surface area contributed by atoms with Gasteiger partial charge in [-0.1, -0.05) is 61.4 Å². The first-order valence-corrected chi connectivity index (χ1v) is 18.7. The molecule has 1 unspecified atom stereocenters. The average Bonchev–Trinajstić information content (AvgIpc) is 3.89. The molecular formula is C44H42N4O4. The van der Waals surface area contributed by atoms with Crippen LogP contribution in [0.25, 0.3) is 44.2 Å². The Bertz CT molecular complexity index is 2440. The molecule has 1 atom stereocenters. The Morgan fingerprint density at radius 3 is 2.19 bits per heavy atom. The summed E-state index contributed by atoms with van der Waals surface area (Å²) in [6, 6.07) is 32.5. The number of aromatic nitrogens is 3. The molecule has 5 heterocycles. The lowest BCUT2D eigenvalue weighted by molar-refractivity contribution is 0.158. The molecule has 0 amide bonds. The molecule has 0 saturated heterocycles. The van der Waals surface area contributed by atoms with Gasteiger partial charge in [-0.15, -0.1) is 0 Å². The molecule has 0 saturated carbocycles. The van der Waals surface area contributed by atoms with Crippen LogP contribution in [0.2, 0.25) is 0 Å². The molecule has 10 rings (SSSR count). The maximum atomic E-state index is 11.5. The molecule has 2 aromatic heterocycles. The van der Waals surface area contributed by atoms with E-state index in [1.165, 1.54) is 32.9 Å². The minimum Gasteiger partial charge on any atom is -0.504 e. The lowest BCUT2D eigenvalue weighted by atomic mass is 9.81. The van der Waals surface area contributed by atoms with Crippen LogP contribution < -0.4 is 14.2 Å². The number of aromatic hydroxyl groups is 1. The number of phenolic OH excluding ortho intramolecular Hbond substituents is 1. The quantitative estimate of drug-likeness (QED) is 0.152. The summed E-state index contributed by atoms with van der Waals surface area (Å²) in [5.41, 5.74) is 10.5. The summed E-state index contributed by atoms with van der Waals surface area (Å²) >= 11 is 0. The van der Waals surface area contributed by atoms with Crippen molar-refractivity contribution in [3.63, 3.8) is 0 Å². The van der Waals surface area contributed by atoms with Gasteiger partial charge >= 0.3 is 0 Å². The van der Waals surface area contributed by atoms with Gasteiger partial charge in [-0.2, -0.15) is 0 Å². The molecule has 0 spiro atoms. The van der Waals surface area contributed by atoms with Gasteiger partial charge in [0.05, 0.1) is 18.1 Å². The number of phenols is 1. The van der Waals surface area contributed by atoms with Gasteiger partial charge < -0.3 is 28.5 Å². The van der Waals surface area contributed by atoms with Gasteiger partial charge in [0.15, 0.2) is 23.0 Å². The van der Waals surface area contributed by atoms with Crippen LogP contribution in [0.4, 0.5) is 0 Å². The zero-order chi connectivity index (χ0) is 34.8. The molecule has 8 heteroatoms. The third-order valence-electron chi connectivity index (χ3n) is 11.7. The predicted molar refractivity (Wildman–Crippen MR) is 204 cm³/mol. The number of hydrogen-bond acceptors (Lipinski definition) is 6. The summed E-state index contributed by atoms with van der Waals surface area (Å²) in [7, 11) is 1.64. The summed E-state index contributed by atoms with van der Waals surface area (Å²) in [6.45, 7) is 3.71. The van der Waals surface area contributed by atoms with Crippen LogP contribution in [0.5, 0.6) is 23.0 Å². The van der Waals surface area contributed by atoms with Gasteiger partial charge in [0.25, 0.3) is 0 Å². The minimum atomic E-state index is 0.171. The van der Waals surface area contributed by atoms with E-state index in [-0.39, 0.29) is 18.6 Å². The predicted octanol–water partition coefficient (Wildman–Crippen LogP) is 9.17. The third-order valence-corrected chi connectivity index (χ3v) is 11.7. The molecular weight excluding hydrogens is 649 g/mol. The fraction of sp³-hybridized carbons (Fsp3) is 0.295. The van der Waals surface area contributed by atoms with Crippen molar-refractivity contribution in [1.82, 2.24) is 19.0 Å². The van der Waals surface area contributed by atoms with Gasteiger partial charge in [-0.3, -0.25) is 4.90 Å². The van der Waals surface area contributed by atoms with Gasteiger partial charge in [-0.05, 0) is 84.8 Å². The van der Waals surface area contributed by atoms with Crippen LogP contribution in [0.3, 0.4) is 0 Å². The number of rotatable bonds is 9. The highest BCUT2D eigenvalue weighted by molar-refractivity contribution is 6.07. The van der Waals surface area contributed by atoms with E-state index in [9.17, 15) is 5.11 Å². The highest BCUT2D eigenvalue weighted by atomic mass is 16.7. The van der Waals surface area contributed by atoms with Crippen molar-refractivity contribution in [2.45, 2.75) is 64.2 Å². The summed E-state index contributed by atoms with van der Waals surface area (Å²) < 4.78 is 22.2. The first-order chi connectivity index (χ1) is 25.7. The Hall–Kier alpha value is -5.47. The highest BCUT2D eigenvalue weighted by Crippen LogP contribution is 2.49. The number of ether oxygens (including phenoxy) is 3. The molecule has 1 N–H and O–H groups in total. The SMILES string of the molecule is COc1cc(-c2nc3ccccc3n2CCCCCCn2c3ccccc3c3ccccc32)c2c(c1O)CN1CCc3cc4c(cc3C1C2)OCO4. The third kappa shape index (κ3) is 5.03. The van der Waals surface area contributed by atoms with E-state index in [0.29, 0.717) is 12.3 Å². The first kappa shape index (κ1) is 31.3. The van der Waals surface area contributed by atoms with Crippen molar-refractivity contribution in [3.05, 3.63) is 113 Å². The number of para-hydroxylation sites is 4. The summed E-state index contributed by atoms with van der Waals surface area (Å²) in [6.07, 6.45) is 6.16. The van der Waals surface area contributed by atoms with Crippen molar-refractivity contribution in [2.24, 2.45) is 0 Å². The summed E-state index contributed by atoms with van der Waals surface area (Å²) in [4.78, 5) is 7.75. The number of fused-ring (bicyclic) bond motifs is 9. The molecule has 3 aliphatic rings. The zero-order valence-corrected chi connectivity index (χ0v) is 29.5. The number of nitrogens with zero attached hydrogens (tertiary/aromatic N) is 4. The molecule has 5 aromatic carbocycles. The van der Waals surface area contributed by atoms with Crippen molar-refractivity contribution in [2.75, 3.05) is 20.4 Å². The molecule has 7 aromatic rings. The molecule has 262 valence electrons. The second-order valence-corrected chi connectivity index (χ2v) is 14.5. The van der Waals surface area contributed by atoms with E-state index in [0.717, 1.165) is 103 Å². The monoisotopic (exact) mass is 690 g/mol. The molecule has 3 aliphatic heterocycles. The smallest absolute Gasteiger partial charge is 0.231 e. The van der Waals surface area contributed by atoms with Crippen molar-refractivity contribution in [3.8, 4) is 34.4 Å². The van der Waals surface area contributed by atoms with E-state index in [1.807, 2.05) is 6.07 Å². The second kappa shape index (κ2) is 12.6. The van der Waals surface area contributed by atoms with Crippen LogP contribution in [-0.2, 0) is 32.5 Å². The van der Waals surface area contributed by atoms with Gasteiger partial charge in [0.2, 0.25) is 6.79 Å². The Morgan fingerprint density at radius 2 is 1.44 bits per heavy atom. The fourth-order valence-electron chi connectivity index (χ4n) is 9.11. The van der Waals surface area contributed by atoms with Crippen LogP contribution >= 0.6 is 0 Å². The standard InChI is InChI=1S/C44H42N4O4/c1-50-42-25-33(32-23-39-31-24-41-40(51-27-52-41)22-28(31)18-21-46(39)26-34(32)43(42)49)44-45-35-14-6-9-17-38(35)48(44)20-11-3-2-10-19-47-36-15-7-4-12-29(36)30-13-5-8-16-37(30)47/h4-9,12-17,22,24-25,39,49H,2-3,10-11,18-21,23,26-27H2,1H3. The lowest BCUT2D eigenvalue weighted by Gasteiger charge is -2.42. The molecule has 0 aliphatic carbocycles. The Morgan fingerprint density at radius 1 is 0.769 bits per heavy atom. The normalized spacial score (nSPS) is 16.4. The lowest BCUT2D eigenvalue weighted by Crippen LogP contribution is -2.39. The minimum absolute atomic E-state index is 0.171. The molecule has 0 fully saturated rings. The largest absolute Gasteiger partial charge is 0.504 e. The molecule has 0 radical (unpaired) electrons. The maximum absolute atomic E-state index is 11.5.